The van der Waals surface area contributed by atoms with E-state index in [1.807, 2.05) is 61.0 Å². The van der Waals surface area contributed by atoms with Crippen molar-refractivity contribution in [3.05, 3.63) is 0 Å². The smallest absolute Gasteiger partial charge is 0 e. The van der Waals surface area contributed by atoms with Crippen molar-refractivity contribution >= 4 is 83.1 Å². The van der Waals surface area contributed by atoms with Gasteiger partial charge in [-0.25, -0.2) is 0 Å². The van der Waals surface area contributed by atoms with E-state index in [2.05, 4.69) is 59.9 Å². The largest absolute Gasteiger partial charge is 0 e. The van der Waals surface area contributed by atoms with Gasteiger partial charge in [-0.1, -0.05) is 0 Å². The summed E-state index contributed by atoms with van der Waals surface area (Å²) in [6.07, 6.45) is -2.06. The van der Waals surface area contributed by atoms with Gasteiger partial charge in [-0.15, -0.1) is 23.2 Å². The summed E-state index contributed by atoms with van der Waals surface area (Å²) in [6, 6.07) is 0. The van der Waals surface area contributed by atoms with Crippen LogP contribution in [0.5, 0.6) is 0 Å². The van der Waals surface area contributed by atoms with E-state index in [0.717, 1.165) is 0 Å². The Morgan fingerprint density at radius 1 is 0.974 bits per heavy atom. The van der Waals surface area contributed by atoms with Crippen molar-refractivity contribution in [2.45, 2.75) is 44.1 Å². The molecule has 0 aromatic carbocycles. The number of likely N-dealkylation sites (N-methyl/N-ethyl adjacent to an activating group) is 1. The van der Waals surface area contributed by atoms with Gasteiger partial charge in [0, 0.05) is 30.3 Å². The number of rotatable bonds is 10. The molecule has 0 spiro atoms. The molecule has 1 heterocycles. The minimum atomic E-state index is -0.855. The van der Waals surface area contributed by atoms with Crippen LogP contribution in [-0.2, 0) is 37.7 Å². The van der Waals surface area contributed by atoms with Crippen LogP contribution in [0.4, 0.5) is 0 Å². The van der Waals surface area contributed by atoms with Gasteiger partial charge in [-0.3, -0.25) is 0 Å². The topological polar surface area (TPSA) is 132 Å². The molecule has 39 heavy (non-hydrogen) atoms. The maximum Gasteiger partial charge on any atom is 0 e. The Morgan fingerprint density at radius 2 is 1.36 bits per heavy atom. The van der Waals surface area contributed by atoms with Crippen molar-refractivity contribution in [1.82, 2.24) is 4.90 Å². The van der Waals surface area contributed by atoms with E-state index in [1.165, 1.54) is 0 Å². The second kappa shape index (κ2) is 34.7. The Hall–Kier alpha value is 3.83. The van der Waals surface area contributed by atoms with E-state index in [1.54, 1.807) is 0 Å². The molecule has 0 saturated carbocycles. The van der Waals surface area contributed by atoms with Crippen molar-refractivity contribution in [3.8, 4) is 0 Å². The number of hydrogen-bond donors (Lipinski definition) is 5. The fourth-order valence-electron chi connectivity index (χ4n) is 1.97. The van der Waals surface area contributed by atoms with Gasteiger partial charge in [0.25, 0.3) is 0 Å². The molecule has 0 aliphatic carbocycles. The first-order valence-electron chi connectivity index (χ1n) is 11.2. The summed E-state index contributed by atoms with van der Waals surface area (Å²) in [7, 11) is 11.9. The van der Waals surface area contributed by atoms with Crippen LogP contribution in [0, 0.1) is 0 Å². The number of aliphatic hydroxyl groups excluding tert-OH is 5. The van der Waals surface area contributed by atoms with Gasteiger partial charge in [-0.05, 0) is 35.0 Å². The Morgan fingerprint density at radius 3 is 1.56 bits per heavy atom. The van der Waals surface area contributed by atoms with Gasteiger partial charge in [0.15, 0.2) is 5.79 Å². The van der Waals surface area contributed by atoms with Gasteiger partial charge in [0.1, 0.15) is 24.9 Å². The van der Waals surface area contributed by atoms with Crippen LogP contribution in [-0.4, -0.2) is 159 Å². The Bertz CT molecular complexity index is 483. The molecule has 3 atom stereocenters. The third-order valence-electron chi connectivity index (χ3n) is 3.22. The van der Waals surface area contributed by atoms with Crippen molar-refractivity contribution in [3.63, 3.8) is 0 Å². The molecule has 0 amide bonds. The fraction of sp³-hybridized carbons (Fsp3) is 1.00. The molecule has 5 N–H and O–H groups in total. The van der Waals surface area contributed by atoms with Crippen LogP contribution in [0.1, 0.15) is 13.8 Å². The number of halogens is 6. The summed E-state index contributed by atoms with van der Waals surface area (Å²) < 4.78 is 16.1. The summed E-state index contributed by atoms with van der Waals surface area (Å²) in [6.45, 7) is 4.75. The van der Waals surface area contributed by atoms with E-state index in [4.69, 9.17) is 57.8 Å². The van der Waals surface area contributed by atoms with E-state index < -0.39 is 24.1 Å². The molecule has 0 aromatic heterocycles. The van der Waals surface area contributed by atoms with Crippen LogP contribution >= 0.6 is 83.1 Å². The van der Waals surface area contributed by atoms with Crippen LogP contribution in [0.25, 0.3) is 0 Å². The first-order chi connectivity index (χ1) is 16.8. The molecular weight excluding hydrogens is 997 g/mol. The number of hydrogen-bond acceptors (Lipinski definition) is 9. The molecule has 10 nitrogen and oxygen atoms in total. The van der Waals surface area contributed by atoms with Crippen molar-refractivity contribution in [2.24, 2.45) is 0 Å². The Labute approximate surface area is 302 Å². The molecule has 1 aliphatic rings. The van der Waals surface area contributed by atoms with Crippen molar-refractivity contribution in [1.29, 1.82) is 0 Å². The van der Waals surface area contributed by atoms with E-state index in [-0.39, 0.29) is 80.2 Å². The minimum Gasteiger partial charge on any atom is 0 e. The zero-order valence-electron chi connectivity index (χ0n) is 24.0. The van der Waals surface area contributed by atoms with Crippen LogP contribution in [0.15, 0.2) is 0 Å². The SMILES string of the molecule is CC1(C)OCC(CO)O1.CN(C)C.C[N+](C)(C)CC(O)COCC(O)CO.OC(CCl)CCl.[Cl-].[I][V]([I])[I].[V]. The molecule has 1 radical (unpaired) electrons. The minimum absolute atomic E-state index is 0. The predicted octanol–water partition coefficient (Wildman–Crippen LogP) is -0.788. The summed E-state index contributed by atoms with van der Waals surface area (Å²) in [5.41, 5.74) is 0. The number of ether oxygens (including phenoxy) is 3. The molecular formula is C21H49Cl3I3N2O8V2. The van der Waals surface area contributed by atoms with E-state index in [0.29, 0.717) is 17.6 Å². The Balaban J connectivity index is -0.0000000943. The molecule has 1 saturated heterocycles. The number of quaternary nitrogens is 1. The summed E-state index contributed by atoms with van der Waals surface area (Å²) in [4.78, 5) is 1.72. The first kappa shape index (κ1) is 55.2. The van der Waals surface area contributed by atoms with Crippen LogP contribution < -0.4 is 12.4 Å². The van der Waals surface area contributed by atoms with Crippen LogP contribution in [0.2, 0.25) is 0 Å². The summed E-state index contributed by atoms with van der Waals surface area (Å²) in [5.74, 6) is -0.0413. The maximum absolute atomic E-state index is 9.49. The van der Waals surface area contributed by atoms with E-state index >= 15 is 0 Å². The van der Waals surface area contributed by atoms with Crippen molar-refractivity contribution < 1.29 is 80.1 Å². The van der Waals surface area contributed by atoms with Gasteiger partial charge >= 0.3 is 64.9 Å². The summed E-state index contributed by atoms with van der Waals surface area (Å²) in [5, 5.41) is 43.9. The Kier molecular flexibility index (Phi) is 49.2. The average Bonchev–Trinajstić information content (AvgIpc) is 3.10. The molecule has 0 bridgehead atoms. The van der Waals surface area contributed by atoms with Crippen molar-refractivity contribution in [2.75, 3.05) is 93.6 Å². The molecule has 3 unspecified atom stereocenters. The third-order valence-corrected chi connectivity index (χ3v) is 3.93. The number of alkyl halides is 2. The average molecular weight is 1050 g/mol. The standard InChI is InChI=1S/C9H22NO4.C6H12O3.C3H6Cl2O.C3H9N.ClH.3HI.2V/c1-10(2,3)4-8(12)6-14-7-9(13)5-11;1-6(2)8-4-5(3-7)9-6;4-1-3(6)2-5;1-4(2)3;;;;;;/h8-9,11-13H,4-7H2,1-3H3;5,7H,3-4H2,1-2H3;3,6H,1-2H2;1-3H3;4*1H;;/q+1;;;;;;;;;+3/p-4. The van der Waals surface area contributed by atoms with Gasteiger partial charge < -0.3 is 61.5 Å². The maximum atomic E-state index is 9.49. The van der Waals surface area contributed by atoms with Gasteiger partial charge in [0.05, 0.1) is 60.3 Å². The molecule has 1 rings (SSSR count). The van der Waals surface area contributed by atoms with Gasteiger partial charge in [-0.2, -0.15) is 0 Å². The second-order valence-corrected chi connectivity index (χ2v) is 45.6. The normalized spacial score (nSPS) is 17.0. The molecule has 0 aromatic rings. The predicted molar refractivity (Wildman–Crippen MR) is 174 cm³/mol. The van der Waals surface area contributed by atoms with Gasteiger partial charge in [0.2, 0.25) is 0 Å². The first-order valence-corrected chi connectivity index (χ1v) is 25.8. The monoisotopic (exact) mass is 1040 g/mol. The second-order valence-electron chi connectivity index (χ2n) is 9.63. The molecule has 1 fully saturated rings. The molecule has 1 aliphatic heterocycles. The molecule has 18 heteroatoms. The number of aliphatic hydroxyl groups is 5. The van der Waals surface area contributed by atoms with E-state index in [9.17, 15) is 5.11 Å². The fourth-order valence-corrected chi connectivity index (χ4v) is 2.30. The summed E-state index contributed by atoms with van der Waals surface area (Å²) >= 11 is 17.6. The zero-order valence-corrected chi connectivity index (χ0v) is 35.5. The third kappa shape index (κ3) is 58.0. The quantitative estimate of drug-likeness (QED) is 0.109. The zero-order chi connectivity index (χ0) is 30.2. The van der Waals surface area contributed by atoms with Crippen LogP contribution in [0.3, 0.4) is 0 Å². The number of nitrogens with zero attached hydrogens (tertiary/aromatic N) is 2. The molecule has 243 valence electrons.